The average Bonchev–Trinajstić information content (AvgIpc) is 3.23. The Kier molecular flexibility index (Phi) is 3.69. The number of rotatable bonds is 3. The third-order valence-electron chi connectivity index (χ3n) is 4.26. The fourth-order valence-corrected chi connectivity index (χ4v) is 2.97. The SMILES string of the molecule is CC1=Nc2ccccc2/C1=C\c1c(O)n(Cc2ccco2)c(=O)[nH]c1=O. The van der Waals surface area contributed by atoms with Crippen LogP contribution in [-0.4, -0.2) is 20.4 Å². The van der Waals surface area contributed by atoms with Crippen molar-refractivity contribution in [3.63, 3.8) is 0 Å². The van der Waals surface area contributed by atoms with Crippen LogP contribution in [0.25, 0.3) is 11.6 Å². The highest BCUT2D eigenvalue weighted by atomic mass is 16.3. The van der Waals surface area contributed by atoms with Crippen molar-refractivity contribution < 1.29 is 9.52 Å². The van der Waals surface area contributed by atoms with E-state index in [0.29, 0.717) is 5.76 Å². The molecule has 7 heteroatoms. The van der Waals surface area contributed by atoms with Gasteiger partial charge in [0, 0.05) is 16.8 Å². The van der Waals surface area contributed by atoms with Gasteiger partial charge in [0.2, 0.25) is 5.88 Å². The van der Waals surface area contributed by atoms with Gasteiger partial charge in [-0.25, -0.2) is 4.79 Å². The monoisotopic (exact) mass is 349 g/mol. The topological polar surface area (TPSA) is 101 Å². The summed E-state index contributed by atoms with van der Waals surface area (Å²) in [5, 5.41) is 10.6. The summed E-state index contributed by atoms with van der Waals surface area (Å²) in [6.45, 7) is 1.84. The largest absolute Gasteiger partial charge is 0.494 e. The Labute approximate surface area is 147 Å². The minimum Gasteiger partial charge on any atom is -0.494 e. The minimum atomic E-state index is -0.705. The summed E-state index contributed by atoms with van der Waals surface area (Å²) < 4.78 is 6.27. The number of fused-ring (bicyclic) bond motifs is 1. The number of nitrogens with one attached hydrogen (secondary N) is 1. The third kappa shape index (κ3) is 2.59. The van der Waals surface area contributed by atoms with Gasteiger partial charge in [0.25, 0.3) is 5.56 Å². The van der Waals surface area contributed by atoms with Crippen LogP contribution < -0.4 is 11.2 Å². The van der Waals surface area contributed by atoms with Crippen LogP contribution in [0.3, 0.4) is 0 Å². The van der Waals surface area contributed by atoms with Gasteiger partial charge in [-0.2, -0.15) is 0 Å². The second kappa shape index (κ2) is 6.03. The summed E-state index contributed by atoms with van der Waals surface area (Å²) in [6.07, 6.45) is 3.03. The molecule has 0 bridgehead atoms. The number of aliphatic imine (C=N–C) groups is 1. The van der Waals surface area contributed by atoms with E-state index in [4.69, 9.17) is 4.42 Å². The van der Waals surface area contributed by atoms with Gasteiger partial charge in [-0.05, 0) is 31.2 Å². The predicted octanol–water partition coefficient (Wildman–Crippen LogP) is 2.53. The Morgan fingerprint density at radius 2 is 2.04 bits per heavy atom. The molecule has 0 atom stereocenters. The quantitative estimate of drug-likeness (QED) is 0.759. The second-order valence-corrected chi connectivity index (χ2v) is 5.93. The molecular weight excluding hydrogens is 334 g/mol. The van der Waals surface area contributed by atoms with Crippen LogP contribution >= 0.6 is 0 Å². The van der Waals surface area contributed by atoms with E-state index in [1.165, 1.54) is 6.26 Å². The summed E-state index contributed by atoms with van der Waals surface area (Å²) in [5.41, 5.74) is 1.76. The van der Waals surface area contributed by atoms with E-state index in [1.54, 1.807) is 18.2 Å². The van der Waals surface area contributed by atoms with Crippen LogP contribution in [0.1, 0.15) is 23.8 Å². The van der Waals surface area contributed by atoms with E-state index in [2.05, 4.69) is 9.98 Å². The average molecular weight is 349 g/mol. The molecule has 0 unspecified atom stereocenters. The molecule has 0 saturated heterocycles. The Hall–Kier alpha value is -3.61. The molecule has 1 aliphatic heterocycles. The fourth-order valence-electron chi connectivity index (χ4n) is 2.97. The molecule has 0 saturated carbocycles. The normalized spacial score (nSPS) is 14.5. The first-order valence-electron chi connectivity index (χ1n) is 8.00. The number of benzene rings is 1. The number of furan rings is 1. The summed E-state index contributed by atoms with van der Waals surface area (Å²) in [7, 11) is 0. The van der Waals surface area contributed by atoms with E-state index < -0.39 is 17.1 Å². The van der Waals surface area contributed by atoms with E-state index in [9.17, 15) is 14.7 Å². The lowest BCUT2D eigenvalue weighted by molar-refractivity contribution is 0.392. The zero-order valence-electron chi connectivity index (χ0n) is 13.9. The molecule has 0 fully saturated rings. The number of aromatic amines is 1. The molecule has 1 aromatic carbocycles. The van der Waals surface area contributed by atoms with Crippen LogP contribution in [0, 0.1) is 0 Å². The molecule has 2 N–H and O–H groups in total. The van der Waals surface area contributed by atoms with Crippen LogP contribution in [0.4, 0.5) is 5.69 Å². The van der Waals surface area contributed by atoms with Crippen LogP contribution in [0.5, 0.6) is 5.88 Å². The Morgan fingerprint density at radius 3 is 2.81 bits per heavy atom. The molecule has 0 aliphatic carbocycles. The highest BCUT2D eigenvalue weighted by Crippen LogP contribution is 2.35. The Bertz CT molecular complexity index is 1160. The van der Waals surface area contributed by atoms with Crippen molar-refractivity contribution in [2.24, 2.45) is 4.99 Å². The van der Waals surface area contributed by atoms with Gasteiger partial charge in [-0.1, -0.05) is 18.2 Å². The number of H-pyrrole nitrogens is 1. The Balaban J connectivity index is 1.87. The molecule has 3 aromatic rings. The Morgan fingerprint density at radius 1 is 1.23 bits per heavy atom. The molecule has 4 rings (SSSR count). The zero-order chi connectivity index (χ0) is 18.3. The summed E-state index contributed by atoms with van der Waals surface area (Å²) in [5.74, 6) is 0.0665. The first-order chi connectivity index (χ1) is 12.5. The number of para-hydroxylation sites is 1. The maximum atomic E-state index is 12.3. The maximum absolute atomic E-state index is 12.3. The van der Waals surface area contributed by atoms with Crippen molar-refractivity contribution in [1.82, 2.24) is 9.55 Å². The van der Waals surface area contributed by atoms with Crippen molar-refractivity contribution in [1.29, 1.82) is 0 Å². The van der Waals surface area contributed by atoms with Gasteiger partial charge in [0.05, 0.1) is 18.5 Å². The predicted molar refractivity (Wildman–Crippen MR) is 97.9 cm³/mol. The second-order valence-electron chi connectivity index (χ2n) is 5.93. The number of nitrogens with zero attached hydrogens (tertiary/aromatic N) is 2. The van der Waals surface area contributed by atoms with Crippen molar-refractivity contribution >= 4 is 23.0 Å². The van der Waals surface area contributed by atoms with Gasteiger partial charge in [0.15, 0.2) is 0 Å². The number of allylic oxidation sites excluding steroid dienone is 1. The van der Waals surface area contributed by atoms with Crippen LogP contribution in [-0.2, 0) is 6.54 Å². The van der Waals surface area contributed by atoms with Crippen molar-refractivity contribution in [3.8, 4) is 5.88 Å². The number of hydrogen-bond acceptors (Lipinski definition) is 5. The van der Waals surface area contributed by atoms with E-state index in [0.717, 1.165) is 27.1 Å². The van der Waals surface area contributed by atoms with Crippen molar-refractivity contribution in [2.45, 2.75) is 13.5 Å². The lowest BCUT2D eigenvalue weighted by Gasteiger charge is -2.09. The number of aromatic hydroxyl groups is 1. The molecular formula is C19H15N3O4. The van der Waals surface area contributed by atoms with Gasteiger partial charge in [-0.15, -0.1) is 0 Å². The smallest absolute Gasteiger partial charge is 0.331 e. The lowest BCUT2D eigenvalue weighted by atomic mass is 10.0. The van der Waals surface area contributed by atoms with E-state index >= 15 is 0 Å². The van der Waals surface area contributed by atoms with Gasteiger partial charge in [-0.3, -0.25) is 19.3 Å². The summed E-state index contributed by atoms with van der Waals surface area (Å²) in [4.78, 5) is 31.1. The maximum Gasteiger partial charge on any atom is 0.331 e. The number of hydrogen-bond donors (Lipinski definition) is 2. The molecule has 2 aromatic heterocycles. The lowest BCUT2D eigenvalue weighted by Crippen LogP contribution is -2.31. The van der Waals surface area contributed by atoms with Gasteiger partial charge in [0.1, 0.15) is 11.3 Å². The van der Waals surface area contributed by atoms with Crippen LogP contribution in [0.15, 0.2) is 61.7 Å². The van der Waals surface area contributed by atoms with Gasteiger partial charge >= 0.3 is 5.69 Å². The van der Waals surface area contributed by atoms with E-state index in [-0.39, 0.29) is 12.1 Å². The summed E-state index contributed by atoms with van der Waals surface area (Å²) in [6, 6.07) is 10.9. The zero-order valence-corrected chi connectivity index (χ0v) is 13.9. The molecule has 1 aliphatic rings. The first kappa shape index (κ1) is 15.9. The molecule has 26 heavy (non-hydrogen) atoms. The van der Waals surface area contributed by atoms with Crippen molar-refractivity contribution in [3.05, 3.63) is 80.4 Å². The molecule has 0 spiro atoms. The molecule has 3 heterocycles. The fraction of sp³-hybridized carbons (Fsp3) is 0.105. The highest BCUT2D eigenvalue weighted by molar-refractivity contribution is 6.31. The van der Waals surface area contributed by atoms with Crippen LogP contribution in [0.2, 0.25) is 0 Å². The summed E-state index contributed by atoms with van der Waals surface area (Å²) >= 11 is 0. The minimum absolute atomic E-state index is 0.00240. The standard InChI is InChI=1S/C19H15N3O4/c1-11-14(13-6-2-3-7-16(13)20-11)9-15-17(23)21-19(25)22(18(15)24)10-12-5-4-8-26-12/h2-9,24H,10H2,1H3,(H,21,23,25)/b14-9-. The molecule has 0 radical (unpaired) electrons. The third-order valence-corrected chi connectivity index (χ3v) is 4.26. The first-order valence-corrected chi connectivity index (χ1v) is 8.00. The van der Waals surface area contributed by atoms with Gasteiger partial charge < -0.3 is 9.52 Å². The molecule has 130 valence electrons. The molecule has 0 amide bonds. The molecule has 7 nitrogen and oxygen atoms in total. The van der Waals surface area contributed by atoms with E-state index in [1.807, 2.05) is 31.2 Å². The number of aromatic nitrogens is 2. The highest BCUT2D eigenvalue weighted by Gasteiger charge is 2.20. The van der Waals surface area contributed by atoms with Crippen molar-refractivity contribution in [2.75, 3.05) is 0 Å².